The molecule has 0 saturated carbocycles. The zero-order chi connectivity index (χ0) is 20.1. The summed E-state index contributed by atoms with van der Waals surface area (Å²) in [7, 11) is 3.45. The van der Waals surface area contributed by atoms with Crippen molar-refractivity contribution in [1.29, 1.82) is 0 Å². The molecule has 2 aromatic carbocycles. The van der Waals surface area contributed by atoms with Crippen molar-refractivity contribution in [3.8, 4) is 5.75 Å². The predicted octanol–water partition coefficient (Wildman–Crippen LogP) is 4.14. The highest BCUT2D eigenvalue weighted by atomic mass is 35.5. The molecule has 0 aliphatic heterocycles. The molecule has 1 aromatic heterocycles. The Bertz CT molecular complexity index is 1020. The van der Waals surface area contributed by atoms with Gasteiger partial charge in [0.2, 0.25) is 5.91 Å². The molecule has 5 nitrogen and oxygen atoms in total. The fourth-order valence-electron chi connectivity index (χ4n) is 2.75. The van der Waals surface area contributed by atoms with Crippen molar-refractivity contribution >= 4 is 23.6 Å². The third-order valence-corrected chi connectivity index (χ3v) is 4.49. The summed E-state index contributed by atoms with van der Waals surface area (Å²) >= 11 is 5.77. The number of amides is 1. The number of methoxy groups -OCH3 is 1. The van der Waals surface area contributed by atoms with E-state index in [0.29, 0.717) is 17.1 Å². The molecular weight excluding hydrogens is 381 g/mol. The Labute approximate surface area is 167 Å². The number of imidazole rings is 1. The van der Waals surface area contributed by atoms with Crippen LogP contribution in [0.4, 0.5) is 4.39 Å². The lowest BCUT2D eigenvalue weighted by molar-refractivity contribution is -0.117. The number of nitrogens with zero attached hydrogens (tertiary/aromatic N) is 2. The number of aryl methyl sites for hydroxylation is 1. The van der Waals surface area contributed by atoms with Crippen LogP contribution in [-0.2, 0) is 11.8 Å². The van der Waals surface area contributed by atoms with Gasteiger partial charge in [0.15, 0.2) is 0 Å². The summed E-state index contributed by atoms with van der Waals surface area (Å²) < 4.78 is 20.4. The van der Waals surface area contributed by atoms with Gasteiger partial charge < -0.3 is 14.6 Å². The Hall–Kier alpha value is -3.12. The lowest BCUT2D eigenvalue weighted by Gasteiger charge is -2.19. The number of rotatable bonds is 6. The molecule has 1 heterocycles. The van der Waals surface area contributed by atoms with Crippen LogP contribution in [0.15, 0.2) is 60.9 Å². The van der Waals surface area contributed by atoms with Crippen LogP contribution in [0.2, 0.25) is 5.02 Å². The van der Waals surface area contributed by atoms with Crippen LogP contribution in [0.1, 0.15) is 23.0 Å². The van der Waals surface area contributed by atoms with Gasteiger partial charge in [-0.25, -0.2) is 9.37 Å². The zero-order valence-corrected chi connectivity index (χ0v) is 16.2. The van der Waals surface area contributed by atoms with Gasteiger partial charge in [0.05, 0.1) is 12.1 Å². The first kappa shape index (κ1) is 19.6. The van der Waals surface area contributed by atoms with Gasteiger partial charge in [-0.2, -0.15) is 0 Å². The molecule has 28 heavy (non-hydrogen) atoms. The molecule has 144 valence electrons. The lowest BCUT2D eigenvalue weighted by Crippen LogP contribution is -2.29. The van der Waals surface area contributed by atoms with E-state index in [4.69, 9.17) is 16.3 Å². The van der Waals surface area contributed by atoms with E-state index in [1.165, 1.54) is 18.2 Å². The molecule has 0 spiro atoms. The van der Waals surface area contributed by atoms with Crippen LogP contribution in [0.5, 0.6) is 5.75 Å². The van der Waals surface area contributed by atoms with E-state index in [2.05, 4.69) is 10.3 Å². The number of halogens is 2. The molecule has 1 N–H and O–H groups in total. The number of hydrogen-bond acceptors (Lipinski definition) is 3. The molecule has 0 aliphatic rings. The van der Waals surface area contributed by atoms with Gasteiger partial charge in [0, 0.05) is 25.5 Å². The standard InChI is InChI=1S/C21H19ClFN3O2/c1-26-11-10-24-21(26)20(15-4-3-5-16(13-15)28-2)25-19(27)9-7-14-6-8-18(23)17(22)12-14/h3-13,20H,1-2H3,(H,25,27). The van der Waals surface area contributed by atoms with E-state index in [0.717, 1.165) is 5.56 Å². The third-order valence-electron chi connectivity index (χ3n) is 4.20. The SMILES string of the molecule is COc1cccc(C(NC(=O)C=Cc2ccc(F)c(Cl)c2)c2nccn2C)c1. The molecule has 1 atom stereocenters. The summed E-state index contributed by atoms with van der Waals surface area (Å²) in [5.74, 6) is 0.537. The van der Waals surface area contributed by atoms with Crippen molar-refractivity contribution in [1.82, 2.24) is 14.9 Å². The topological polar surface area (TPSA) is 56.1 Å². The summed E-state index contributed by atoms with van der Waals surface area (Å²) in [4.78, 5) is 16.9. The highest BCUT2D eigenvalue weighted by Crippen LogP contribution is 2.24. The van der Waals surface area contributed by atoms with Crippen LogP contribution < -0.4 is 10.1 Å². The third kappa shape index (κ3) is 4.58. The first-order chi connectivity index (χ1) is 13.5. The molecule has 0 fully saturated rings. The van der Waals surface area contributed by atoms with E-state index in [1.807, 2.05) is 42.1 Å². The van der Waals surface area contributed by atoms with Gasteiger partial charge in [0.1, 0.15) is 23.4 Å². The summed E-state index contributed by atoms with van der Waals surface area (Å²) in [6.45, 7) is 0. The number of carbonyl (C=O) groups excluding carboxylic acids is 1. The Morgan fingerprint density at radius 3 is 2.82 bits per heavy atom. The van der Waals surface area contributed by atoms with E-state index >= 15 is 0 Å². The fourth-order valence-corrected chi connectivity index (χ4v) is 2.94. The van der Waals surface area contributed by atoms with Crippen LogP contribution in [0.3, 0.4) is 0 Å². The maximum atomic E-state index is 13.3. The molecule has 0 aliphatic carbocycles. The van der Waals surface area contributed by atoms with Crippen molar-refractivity contribution in [3.05, 3.63) is 88.7 Å². The monoisotopic (exact) mass is 399 g/mol. The molecule has 1 amide bonds. The van der Waals surface area contributed by atoms with Crippen LogP contribution in [0, 0.1) is 5.82 Å². The number of nitrogens with one attached hydrogen (secondary N) is 1. The van der Waals surface area contributed by atoms with E-state index in [1.54, 1.807) is 25.4 Å². The predicted molar refractivity (Wildman–Crippen MR) is 107 cm³/mol. The molecular formula is C21H19ClFN3O2. The average Bonchev–Trinajstić information content (AvgIpc) is 3.12. The van der Waals surface area contributed by atoms with Gasteiger partial charge in [-0.05, 0) is 41.5 Å². The minimum Gasteiger partial charge on any atom is -0.497 e. The number of aromatic nitrogens is 2. The van der Waals surface area contributed by atoms with E-state index in [-0.39, 0.29) is 10.9 Å². The maximum Gasteiger partial charge on any atom is 0.244 e. The average molecular weight is 400 g/mol. The molecule has 3 rings (SSSR count). The van der Waals surface area contributed by atoms with E-state index in [9.17, 15) is 9.18 Å². The second-order valence-corrected chi connectivity index (χ2v) is 6.53. The fraction of sp³-hybridized carbons (Fsp3) is 0.143. The Morgan fingerprint density at radius 1 is 1.32 bits per heavy atom. The van der Waals surface area contributed by atoms with Gasteiger partial charge >= 0.3 is 0 Å². The second-order valence-electron chi connectivity index (χ2n) is 6.12. The van der Waals surface area contributed by atoms with Crippen molar-refractivity contribution in [2.45, 2.75) is 6.04 Å². The number of benzene rings is 2. The van der Waals surface area contributed by atoms with Crippen molar-refractivity contribution in [2.75, 3.05) is 7.11 Å². The van der Waals surface area contributed by atoms with Gasteiger partial charge in [0.25, 0.3) is 0 Å². The molecule has 0 saturated heterocycles. The summed E-state index contributed by atoms with van der Waals surface area (Å²) in [6.07, 6.45) is 6.43. The number of ether oxygens (including phenoxy) is 1. The first-order valence-electron chi connectivity index (χ1n) is 8.52. The molecule has 0 radical (unpaired) electrons. The van der Waals surface area contributed by atoms with Crippen LogP contribution in [0.25, 0.3) is 6.08 Å². The molecule has 7 heteroatoms. The maximum absolute atomic E-state index is 13.3. The first-order valence-corrected chi connectivity index (χ1v) is 8.90. The Balaban J connectivity index is 1.84. The zero-order valence-electron chi connectivity index (χ0n) is 15.4. The van der Waals surface area contributed by atoms with Crippen molar-refractivity contribution in [2.24, 2.45) is 7.05 Å². The minimum atomic E-state index is -0.504. The van der Waals surface area contributed by atoms with Gasteiger partial charge in [-0.15, -0.1) is 0 Å². The lowest BCUT2D eigenvalue weighted by atomic mass is 10.1. The van der Waals surface area contributed by atoms with Crippen LogP contribution in [-0.4, -0.2) is 22.6 Å². The highest BCUT2D eigenvalue weighted by molar-refractivity contribution is 6.30. The minimum absolute atomic E-state index is 0.00447. The number of carbonyl (C=O) groups is 1. The van der Waals surface area contributed by atoms with Gasteiger partial charge in [-0.3, -0.25) is 4.79 Å². The molecule has 3 aromatic rings. The van der Waals surface area contributed by atoms with Crippen molar-refractivity contribution < 1.29 is 13.9 Å². The van der Waals surface area contributed by atoms with Gasteiger partial charge in [-0.1, -0.05) is 29.8 Å². The quantitative estimate of drug-likeness (QED) is 0.634. The normalized spacial score (nSPS) is 12.1. The summed E-state index contributed by atoms with van der Waals surface area (Å²) in [5, 5.41) is 2.96. The molecule has 1 unspecified atom stereocenters. The van der Waals surface area contributed by atoms with Crippen LogP contribution >= 0.6 is 11.6 Å². The summed E-state index contributed by atoms with van der Waals surface area (Å²) in [5.41, 5.74) is 1.46. The second kappa shape index (κ2) is 8.71. The smallest absolute Gasteiger partial charge is 0.244 e. The Morgan fingerprint density at radius 2 is 2.14 bits per heavy atom. The number of hydrogen-bond donors (Lipinski definition) is 1. The highest BCUT2D eigenvalue weighted by Gasteiger charge is 2.20. The Kier molecular flexibility index (Phi) is 6.11. The summed E-state index contributed by atoms with van der Waals surface area (Å²) in [6, 6.07) is 11.2. The molecule has 0 bridgehead atoms. The van der Waals surface area contributed by atoms with E-state index < -0.39 is 11.9 Å². The van der Waals surface area contributed by atoms with Crippen molar-refractivity contribution in [3.63, 3.8) is 0 Å². The largest absolute Gasteiger partial charge is 0.497 e.